The van der Waals surface area contributed by atoms with Crippen molar-refractivity contribution in [3.8, 4) is 5.75 Å². The molecule has 0 unspecified atom stereocenters. The Balaban J connectivity index is 3.02. The van der Waals surface area contributed by atoms with E-state index in [1.165, 1.54) is 7.11 Å². The number of methoxy groups -OCH3 is 1. The van der Waals surface area contributed by atoms with E-state index >= 15 is 0 Å². The van der Waals surface area contributed by atoms with Crippen LogP contribution in [-0.4, -0.2) is 19.4 Å². The minimum Gasteiger partial charge on any atom is -0.495 e. The molecule has 4 heteroatoms. The van der Waals surface area contributed by atoms with Gasteiger partial charge in [0.1, 0.15) is 5.75 Å². The lowest BCUT2D eigenvalue weighted by Gasteiger charge is -2.05. The summed E-state index contributed by atoms with van der Waals surface area (Å²) in [4.78, 5) is 11.1. The molecular formula is C9H12N2O2. The predicted octanol–water partition coefficient (Wildman–Crippen LogP) is 0.419. The lowest BCUT2D eigenvalue weighted by atomic mass is 10.1. The highest BCUT2D eigenvalue weighted by atomic mass is 16.5. The number of rotatable bonds is 3. The first-order chi connectivity index (χ1) is 6.19. The summed E-state index contributed by atoms with van der Waals surface area (Å²) in [5.74, 6) is 0.433. The van der Waals surface area contributed by atoms with Gasteiger partial charge in [-0.3, -0.25) is 4.79 Å². The summed E-state index contributed by atoms with van der Waals surface area (Å²) in [5.41, 5.74) is 11.8. The van der Waals surface area contributed by atoms with Gasteiger partial charge in [0.15, 0.2) is 5.78 Å². The molecule has 0 fully saturated rings. The van der Waals surface area contributed by atoms with Crippen molar-refractivity contribution in [1.82, 2.24) is 0 Å². The van der Waals surface area contributed by atoms with Crippen LogP contribution >= 0.6 is 0 Å². The molecule has 0 bridgehead atoms. The van der Waals surface area contributed by atoms with Gasteiger partial charge in [-0.15, -0.1) is 0 Å². The highest BCUT2D eigenvalue weighted by Crippen LogP contribution is 2.21. The second-order valence-electron chi connectivity index (χ2n) is 2.58. The molecule has 0 radical (unpaired) electrons. The van der Waals surface area contributed by atoms with Crippen molar-refractivity contribution >= 4 is 11.5 Å². The minimum absolute atomic E-state index is 0.00817. The molecule has 0 saturated heterocycles. The zero-order valence-corrected chi connectivity index (χ0v) is 7.41. The van der Waals surface area contributed by atoms with Crippen LogP contribution in [0.1, 0.15) is 10.4 Å². The Bertz CT molecular complexity index is 323. The van der Waals surface area contributed by atoms with Crippen molar-refractivity contribution in [3.63, 3.8) is 0 Å². The van der Waals surface area contributed by atoms with Crippen LogP contribution in [0.2, 0.25) is 0 Å². The molecule has 0 heterocycles. The van der Waals surface area contributed by atoms with E-state index in [9.17, 15) is 4.79 Å². The summed E-state index contributed by atoms with van der Waals surface area (Å²) < 4.78 is 4.95. The van der Waals surface area contributed by atoms with E-state index in [1.54, 1.807) is 18.2 Å². The lowest BCUT2D eigenvalue weighted by molar-refractivity contribution is 0.100. The Morgan fingerprint density at radius 1 is 1.54 bits per heavy atom. The highest BCUT2D eigenvalue weighted by molar-refractivity contribution is 5.98. The van der Waals surface area contributed by atoms with Crippen LogP contribution in [0.15, 0.2) is 18.2 Å². The van der Waals surface area contributed by atoms with Gasteiger partial charge in [0, 0.05) is 5.56 Å². The Morgan fingerprint density at radius 3 is 2.69 bits per heavy atom. The van der Waals surface area contributed by atoms with Crippen LogP contribution in [0.3, 0.4) is 0 Å². The van der Waals surface area contributed by atoms with Crippen LogP contribution in [0.5, 0.6) is 5.75 Å². The van der Waals surface area contributed by atoms with Gasteiger partial charge >= 0.3 is 0 Å². The van der Waals surface area contributed by atoms with Crippen molar-refractivity contribution in [3.05, 3.63) is 23.8 Å². The van der Waals surface area contributed by atoms with Gasteiger partial charge in [0.05, 0.1) is 19.3 Å². The summed E-state index contributed by atoms with van der Waals surface area (Å²) in [6, 6.07) is 4.86. The molecule has 70 valence electrons. The Labute approximate surface area is 76.5 Å². The van der Waals surface area contributed by atoms with Crippen molar-refractivity contribution in [2.75, 3.05) is 19.4 Å². The summed E-state index contributed by atoms with van der Waals surface area (Å²) in [6.45, 7) is -0.00817. The van der Waals surface area contributed by atoms with Crippen LogP contribution in [0.25, 0.3) is 0 Å². The summed E-state index contributed by atoms with van der Waals surface area (Å²) >= 11 is 0. The summed E-state index contributed by atoms with van der Waals surface area (Å²) in [5, 5.41) is 0. The third-order valence-corrected chi connectivity index (χ3v) is 1.74. The summed E-state index contributed by atoms with van der Waals surface area (Å²) in [6.07, 6.45) is 0. The molecule has 4 N–H and O–H groups in total. The van der Waals surface area contributed by atoms with E-state index in [0.717, 1.165) is 0 Å². The zero-order chi connectivity index (χ0) is 9.84. The van der Waals surface area contributed by atoms with E-state index < -0.39 is 0 Å². The maximum absolute atomic E-state index is 11.1. The van der Waals surface area contributed by atoms with E-state index in [0.29, 0.717) is 17.0 Å². The zero-order valence-electron chi connectivity index (χ0n) is 7.41. The third kappa shape index (κ3) is 1.97. The fraction of sp³-hybridized carbons (Fsp3) is 0.222. The van der Waals surface area contributed by atoms with E-state index in [-0.39, 0.29) is 12.3 Å². The molecule has 1 aromatic carbocycles. The monoisotopic (exact) mass is 180 g/mol. The predicted molar refractivity (Wildman–Crippen MR) is 50.8 cm³/mol. The van der Waals surface area contributed by atoms with Gasteiger partial charge in [-0.1, -0.05) is 0 Å². The van der Waals surface area contributed by atoms with Gasteiger partial charge < -0.3 is 16.2 Å². The molecule has 4 nitrogen and oxygen atoms in total. The minimum atomic E-state index is -0.130. The number of Topliss-reactive ketones (excluding diaryl/α,β-unsaturated/α-hetero) is 1. The highest BCUT2D eigenvalue weighted by Gasteiger charge is 2.05. The molecule has 1 aromatic rings. The second kappa shape index (κ2) is 3.91. The number of anilines is 1. The molecule has 13 heavy (non-hydrogen) atoms. The van der Waals surface area contributed by atoms with Gasteiger partial charge in [-0.25, -0.2) is 0 Å². The molecule has 0 atom stereocenters. The number of ether oxygens (including phenoxy) is 1. The van der Waals surface area contributed by atoms with Crippen molar-refractivity contribution in [2.24, 2.45) is 5.73 Å². The number of ketones is 1. The third-order valence-electron chi connectivity index (χ3n) is 1.74. The Hall–Kier alpha value is -1.55. The van der Waals surface area contributed by atoms with Gasteiger partial charge in [0.2, 0.25) is 0 Å². The average Bonchev–Trinajstić information content (AvgIpc) is 2.16. The number of hydrogen-bond acceptors (Lipinski definition) is 4. The molecule has 0 amide bonds. The van der Waals surface area contributed by atoms with Crippen molar-refractivity contribution in [2.45, 2.75) is 0 Å². The topological polar surface area (TPSA) is 78.3 Å². The lowest BCUT2D eigenvalue weighted by Crippen LogP contribution is -2.13. The number of carbonyl (C=O) groups is 1. The normalized spacial score (nSPS) is 9.69. The van der Waals surface area contributed by atoms with Crippen LogP contribution < -0.4 is 16.2 Å². The number of nitrogens with two attached hydrogens (primary N) is 2. The number of carbonyl (C=O) groups excluding carboxylic acids is 1. The van der Waals surface area contributed by atoms with Crippen LogP contribution in [-0.2, 0) is 0 Å². The van der Waals surface area contributed by atoms with Crippen LogP contribution in [0, 0.1) is 0 Å². The quantitative estimate of drug-likeness (QED) is 0.522. The number of hydrogen-bond donors (Lipinski definition) is 2. The maximum atomic E-state index is 11.1. The summed E-state index contributed by atoms with van der Waals surface area (Å²) in [7, 11) is 1.52. The second-order valence-corrected chi connectivity index (χ2v) is 2.58. The average molecular weight is 180 g/mol. The van der Waals surface area contributed by atoms with E-state index in [1.807, 2.05) is 0 Å². The molecule has 0 aromatic heterocycles. The van der Waals surface area contributed by atoms with E-state index in [4.69, 9.17) is 16.2 Å². The SMILES string of the molecule is COc1ccc(C(=O)CN)cc1N. The van der Waals surface area contributed by atoms with Gasteiger partial charge in [0.25, 0.3) is 0 Å². The fourth-order valence-electron chi connectivity index (χ4n) is 1.03. The maximum Gasteiger partial charge on any atom is 0.176 e. The molecule has 0 aliphatic carbocycles. The Kier molecular flexibility index (Phi) is 2.87. The standard InChI is InChI=1S/C9H12N2O2/c1-13-9-3-2-6(4-7(9)11)8(12)5-10/h2-4H,5,10-11H2,1H3. The molecule has 1 rings (SSSR count). The molecule has 0 aliphatic heterocycles. The van der Waals surface area contributed by atoms with Crippen molar-refractivity contribution in [1.29, 1.82) is 0 Å². The first-order valence-electron chi connectivity index (χ1n) is 3.86. The first-order valence-corrected chi connectivity index (χ1v) is 3.86. The largest absolute Gasteiger partial charge is 0.495 e. The first kappa shape index (κ1) is 9.54. The Morgan fingerprint density at radius 2 is 2.23 bits per heavy atom. The van der Waals surface area contributed by atoms with Gasteiger partial charge in [-0.2, -0.15) is 0 Å². The van der Waals surface area contributed by atoms with Crippen molar-refractivity contribution < 1.29 is 9.53 Å². The molecule has 0 aliphatic rings. The molecule has 0 saturated carbocycles. The molecular weight excluding hydrogens is 168 g/mol. The van der Waals surface area contributed by atoms with Gasteiger partial charge in [-0.05, 0) is 18.2 Å². The smallest absolute Gasteiger partial charge is 0.176 e. The van der Waals surface area contributed by atoms with E-state index in [2.05, 4.69) is 0 Å². The number of benzene rings is 1. The molecule has 0 spiro atoms. The fourth-order valence-corrected chi connectivity index (χ4v) is 1.03. The van der Waals surface area contributed by atoms with Crippen LogP contribution in [0.4, 0.5) is 5.69 Å². The number of nitrogen functional groups attached to an aromatic ring is 1.